The van der Waals surface area contributed by atoms with Gasteiger partial charge in [-0.2, -0.15) is 11.8 Å². The normalized spacial score (nSPS) is 11.7. The van der Waals surface area contributed by atoms with E-state index >= 15 is 0 Å². The molecular weight excluding hydrogens is 490 g/mol. The molecule has 1 aromatic heterocycles. The molecule has 1 heterocycles. The molecule has 0 saturated heterocycles. The molecule has 2 N–H and O–H groups in total. The maximum Gasteiger partial charge on any atom is 0.340 e. The fourth-order valence-electron chi connectivity index (χ4n) is 3.90. The molecule has 190 valence electrons. The summed E-state index contributed by atoms with van der Waals surface area (Å²) in [5.74, 6) is -0.453. The maximum absolute atomic E-state index is 12.7. The zero-order valence-corrected chi connectivity index (χ0v) is 21.1. The monoisotopic (exact) mass is 517 g/mol. The van der Waals surface area contributed by atoms with Gasteiger partial charge in [0.1, 0.15) is 17.4 Å². The molecule has 0 saturated carbocycles. The first-order valence-corrected chi connectivity index (χ1v) is 12.9. The Morgan fingerprint density at radius 2 is 1.68 bits per heavy atom. The average molecular weight is 518 g/mol. The smallest absolute Gasteiger partial charge is 0.340 e. The molecule has 0 radical (unpaired) electrons. The standard InChI is InChI=1S/C29H27NO6S/c1-19-23-13-12-22(15-26(23)36-29(34)24(19)14-20-8-4-2-5-9-20)35-16-27(31)30-25(28(32)33)18-37-17-21-10-6-3-7-11-21/h2-13,15,25H,14,16-18H2,1H3,(H,30,31)(H,32,33)/t25-/m0/s1. The van der Waals surface area contributed by atoms with Crippen molar-refractivity contribution in [2.24, 2.45) is 0 Å². The molecule has 0 aliphatic rings. The lowest BCUT2D eigenvalue weighted by atomic mass is 10.00. The molecule has 3 aromatic carbocycles. The topological polar surface area (TPSA) is 106 Å². The summed E-state index contributed by atoms with van der Waals surface area (Å²) in [6, 6.07) is 23.4. The zero-order chi connectivity index (χ0) is 26.2. The molecular formula is C29H27NO6S. The highest BCUT2D eigenvalue weighted by Gasteiger charge is 2.20. The number of nitrogens with one attached hydrogen (secondary N) is 1. The van der Waals surface area contributed by atoms with Gasteiger partial charge in [0.15, 0.2) is 6.61 Å². The first-order chi connectivity index (χ1) is 17.9. The number of fused-ring (bicyclic) bond motifs is 1. The van der Waals surface area contributed by atoms with E-state index in [-0.39, 0.29) is 12.4 Å². The number of aliphatic carboxylic acids is 1. The second-order valence-electron chi connectivity index (χ2n) is 8.56. The Morgan fingerprint density at radius 3 is 2.35 bits per heavy atom. The summed E-state index contributed by atoms with van der Waals surface area (Å²) in [6.07, 6.45) is 0.470. The van der Waals surface area contributed by atoms with Crippen LogP contribution in [0.25, 0.3) is 11.0 Å². The number of thioether (sulfide) groups is 1. The highest BCUT2D eigenvalue weighted by molar-refractivity contribution is 7.98. The summed E-state index contributed by atoms with van der Waals surface area (Å²) in [5, 5.41) is 12.8. The maximum atomic E-state index is 12.7. The first kappa shape index (κ1) is 26.0. The van der Waals surface area contributed by atoms with Crippen LogP contribution in [0.4, 0.5) is 0 Å². The van der Waals surface area contributed by atoms with Gasteiger partial charge >= 0.3 is 11.6 Å². The van der Waals surface area contributed by atoms with Crippen LogP contribution in [0.1, 0.15) is 22.3 Å². The van der Waals surface area contributed by atoms with Gasteiger partial charge in [0.2, 0.25) is 0 Å². The first-order valence-electron chi connectivity index (χ1n) is 11.8. The predicted molar refractivity (Wildman–Crippen MR) is 144 cm³/mol. The van der Waals surface area contributed by atoms with E-state index < -0.39 is 23.5 Å². The third-order valence-electron chi connectivity index (χ3n) is 5.88. The number of carboxylic acids is 1. The van der Waals surface area contributed by atoms with Crippen molar-refractivity contribution >= 4 is 34.6 Å². The summed E-state index contributed by atoms with van der Waals surface area (Å²) in [7, 11) is 0. The second-order valence-corrected chi connectivity index (χ2v) is 9.59. The van der Waals surface area contributed by atoms with Crippen LogP contribution in [0, 0.1) is 6.92 Å². The van der Waals surface area contributed by atoms with Crippen LogP contribution in [0.3, 0.4) is 0 Å². The highest BCUT2D eigenvalue weighted by atomic mass is 32.2. The van der Waals surface area contributed by atoms with Crippen LogP contribution < -0.4 is 15.7 Å². The Hall–Kier alpha value is -4.04. The number of amides is 1. The minimum Gasteiger partial charge on any atom is -0.484 e. The van der Waals surface area contributed by atoms with Crippen LogP contribution >= 0.6 is 11.8 Å². The third-order valence-corrected chi connectivity index (χ3v) is 6.99. The molecule has 0 bridgehead atoms. The summed E-state index contributed by atoms with van der Waals surface area (Å²) < 4.78 is 11.1. The fourth-order valence-corrected chi connectivity index (χ4v) is 4.90. The molecule has 0 spiro atoms. The van der Waals surface area contributed by atoms with E-state index in [2.05, 4.69) is 5.32 Å². The van der Waals surface area contributed by atoms with Crippen LogP contribution in [0.15, 0.2) is 88.1 Å². The van der Waals surface area contributed by atoms with E-state index in [9.17, 15) is 19.5 Å². The number of hydrogen-bond acceptors (Lipinski definition) is 6. The molecule has 1 amide bonds. The van der Waals surface area contributed by atoms with Crippen LogP contribution in [-0.2, 0) is 21.8 Å². The van der Waals surface area contributed by atoms with Gasteiger partial charge < -0.3 is 19.6 Å². The number of carboxylic acid groups (broad SMARTS) is 1. The lowest BCUT2D eigenvalue weighted by Crippen LogP contribution is -2.44. The lowest BCUT2D eigenvalue weighted by Gasteiger charge is -2.15. The molecule has 0 unspecified atom stereocenters. The summed E-state index contributed by atoms with van der Waals surface area (Å²) in [5.41, 5.74) is 3.46. The molecule has 4 aromatic rings. The molecule has 0 aliphatic heterocycles. The fraction of sp³-hybridized carbons (Fsp3) is 0.207. The van der Waals surface area contributed by atoms with Gasteiger partial charge in [-0.1, -0.05) is 60.7 Å². The number of benzene rings is 3. The zero-order valence-electron chi connectivity index (χ0n) is 20.3. The van der Waals surface area contributed by atoms with Crippen LogP contribution in [0.2, 0.25) is 0 Å². The van der Waals surface area contributed by atoms with E-state index in [0.29, 0.717) is 29.1 Å². The van der Waals surface area contributed by atoms with Crippen molar-refractivity contribution in [3.63, 3.8) is 0 Å². The quantitative estimate of drug-likeness (QED) is 0.281. The number of carbonyl (C=O) groups excluding carboxylic acids is 1. The molecule has 37 heavy (non-hydrogen) atoms. The molecule has 8 heteroatoms. The van der Waals surface area contributed by atoms with E-state index in [4.69, 9.17) is 9.15 Å². The number of aryl methyl sites for hydroxylation is 1. The van der Waals surface area contributed by atoms with Crippen molar-refractivity contribution in [1.29, 1.82) is 0 Å². The van der Waals surface area contributed by atoms with Gasteiger partial charge in [0.05, 0.1) is 0 Å². The van der Waals surface area contributed by atoms with E-state index in [0.717, 1.165) is 22.1 Å². The van der Waals surface area contributed by atoms with Gasteiger partial charge in [-0.15, -0.1) is 0 Å². The van der Waals surface area contributed by atoms with Crippen molar-refractivity contribution in [2.45, 2.75) is 25.1 Å². The third kappa shape index (κ3) is 7.01. The van der Waals surface area contributed by atoms with E-state index in [1.165, 1.54) is 11.8 Å². The van der Waals surface area contributed by atoms with Crippen molar-refractivity contribution in [3.8, 4) is 5.75 Å². The Bertz CT molecular complexity index is 1440. The summed E-state index contributed by atoms with van der Waals surface area (Å²) >= 11 is 1.43. The van der Waals surface area contributed by atoms with Gasteiger partial charge in [0.25, 0.3) is 5.91 Å². The minimum absolute atomic E-state index is 0.224. The SMILES string of the molecule is Cc1c(Cc2ccccc2)c(=O)oc2cc(OCC(=O)N[C@@H](CSCc3ccccc3)C(=O)O)ccc12. The van der Waals surface area contributed by atoms with Gasteiger partial charge in [-0.3, -0.25) is 4.79 Å². The minimum atomic E-state index is -1.11. The van der Waals surface area contributed by atoms with Gasteiger partial charge in [-0.25, -0.2) is 9.59 Å². The molecule has 7 nitrogen and oxygen atoms in total. The number of ether oxygens (including phenoxy) is 1. The molecule has 0 aliphatic carbocycles. The Labute approximate surface area is 218 Å². The highest BCUT2D eigenvalue weighted by Crippen LogP contribution is 2.25. The molecule has 0 fully saturated rings. The second kappa shape index (κ2) is 12.3. The van der Waals surface area contributed by atoms with Gasteiger partial charge in [0, 0.05) is 34.9 Å². The van der Waals surface area contributed by atoms with E-state index in [1.54, 1.807) is 18.2 Å². The van der Waals surface area contributed by atoms with Crippen LogP contribution in [-0.4, -0.2) is 35.4 Å². The number of rotatable bonds is 11. The molecule has 1 atom stereocenters. The van der Waals surface area contributed by atoms with Crippen molar-refractivity contribution in [2.75, 3.05) is 12.4 Å². The summed E-state index contributed by atoms with van der Waals surface area (Å²) in [4.78, 5) is 36.6. The largest absolute Gasteiger partial charge is 0.484 e. The van der Waals surface area contributed by atoms with Crippen molar-refractivity contribution < 1.29 is 23.8 Å². The van der Waals surface area contributed by atoms with Crippen molar-refractivity contribution in [3.05, 3.63) is 112 Å². The predicted octanol–water partition coefficient (Wildman–Crippen LogP) is 4.57. The molecule has 4 rings (SSSR count). The number of carbonyl (C=O) groups is 2. The Balaban J connectivity index is 1.36. The average Bonchev–Trinajstić information content (AvgIpc) is 2.90. The Kier molecular flexibility index (Phi) is 8.64. The number of hydrogen-bond donors (Lipinski definition) is 2. The lowest BCUT2D eigenvalue weighted by molar-refractivity contribution is -0.141. The summed E-state index contributed by atoms with van der Waals surface area (Å²) in [6.45, 7) is 1.52. The van der Waals surface area contributed by atoms with E-state index in [1.807, 2.05) is 67.6 Å². The Morgan fingerprint density at radius 1 is 1.00 bits per heavy atom. The van der Waals surface area contributed by atoms with Crippen LogP contribution in [0.5, 0.6) is 5.75 Å². The van der Waals surface area contributed by atoms with Crippen molar-refractivity contribution in [1.82, 2.24) is 5.32 Å². The van der Waals surface area contributed by atoms with Gasteiger partial charge in [-0.05, 0) is 35.7 Å².